The van der Waals surface area contributed by atoms with Gasteiger partial charge in [0.15, 0.2) is 0 Å². The van der Waals surface area contributed by atoms with Crippen LogP contribution in [0.2, 0.25) is 0 Å². The van der Waals surface area contributed by atoms with Crippen molar-refractivity contribution < 1.29 is 17.6 Å². The number of benzene rings is 1. The predicted molar refractivity (Wildman–Crippen MR) is 81.8 cm³/mol. The standard InChI is InChI=1S/C16H13F3N2OS/c17-16(18,19)12-5-2-1-4-11(12)8-20-10-15-21-9-14(23-15)13-6-3-7-22-13/h1-7,9,20H,8,10H2. The zero-order valence-electron chi connectivity index (χ0n) is 11.9. The van der Waals surface area contributed by atoms with E-state index in [2.05, 4.69) is 10.3 Å². The van der Waals surface area contributed by atoms with Gasteiger partial charge in [-0.15, -0.1) is 11.3 Å². The molecule has 3 nitrogen and oxygen atoms in total. The van der Waals surface area contributed by atoms with E-state index in [4.69, 9.17) is 4.42 Å². The summed E-state index contributed by atoms with van der Waals surface area (Å²) in [4.78, 5) is 5.14. The number of rotatable bonds is 5. The maximum atomic E-state index is 12.9. The monoisotopic (exact) mass is 338 g/mol. The van der Waals surface area contributed by atoms with Crippen LogP contribution in [0.4, 0.5) is 13.2 Å². The zero-order chi connectivity index (χ0) is 16.3. The third kappa shape index (κ3) is 3.80. The third-order valence-corrected chi connectivity index (χ3v) is 4.24. The van der Waals surface area contributed by atoms with E-state index in [0.717, 1.165) is 21.7 Å². The summed E-state index contributed by atoms with van der Waals surface area (Å²) < 4.78 is 44.0. The Bertz CT molecular complexity index is 766. The molecule has 0 fully saturated rings. The molecule has 0 amide bonds. The topological polar surface area (TPSA) is 38.1 Å². The molecule has 3 aromatic rings. The van der Waals surface area contributed by atoms with Crippen molar-refractivity contribution in [2.45, 2.75) is 19.3 Å². The van der Waals surface area contributed by atoms with Crippen molar-refractivity contribution in [3.63, 3.8) is 0 Å². The largest absolute Gasteiger partial charge is 0.463 e. The molecule has 0 spiro atoms. The normalized spacial score (nSPS) is 11.8. The first-order chi connectivity index (χ1) is 11.0. The lowest BCUT2D eigenvalue weighted by Crippen LogP contribution is -2.17. The van der Waals surface area contributed by atoms with Crippen molar-refractivity contribution in [3.05, 3.63) is 65.0 Å². The van der Waals surface area contributed by atoms with Gasteiger partial charge in [0.25, 0.3) is 0 Å². The number of thiazole rings is 1. The SMILES string of the molecule is FC(F)(F)c1ccccc1CNCc1ncc(-c2ccco2)s1. The number of alkyl halides is 3. The van der Waals surface area contributed by atoms with Crippen LogP contribution in [0.5, 0.6) is 0 Å². The number of halogens is 3. The minimum absolute atomic E-state index is 0.130. The van der Waals surface area contributed by atoms with Crippen LogP contribution in [0, 0.1) is 0 Å². The van der Waals surface area contributed by atoms with Gasteiger partial charge in [-0.05, 0) is 23.8 Å². The smallest absolute Gasteiger partial charge is 0.416 e. The van der Waals surface area contributed by atoms with E-state index >= 15 is 0 Å². The quantitative estimate of drug-likeness (QED) is 0.732. The molecule has 120 valence electrons. The van der Waals surface area contributed by atoms with E-state index in [0.29, 0.717) is 6.54 Å². The number of aromatic nitrogens is 1. The van der Waals surface area contributed by atoms with Crippen molar-refractivity contribution in [1.82, 2.24) is 10.3 Å². The summed E-state index contributed by atoms with van der Waals surface area (Å²) in [5, 5.41) is 3.80. The Morgan fingerprint density at radius 3 is 2.65 bits per heavy atom. The van der Waals surface area contributed by atoms with Gasteiger partial charge in [-0.1, -0.05) is 18.2 Å². The van der Waals surface area contributed by atoms with Gasteiger partial charge >= 0.3 is 6.18 Å². The van der Waals surface area contributed by atoms with Crippen molar-refractivity contribution in [1.29, 1.82) is 0 Å². The van der Waals surface area contributed by atoms with Crippen LogP contribution in [0.15, 0.2) is 53.3 Å². The van der Waals surface area contributed by atoms with Crippen LogP contribution < -0.4 is 5.32 Å². The molecule has 0 saturated heterocycles. The van der Waals surface area contributed by atoms with Crippen LogP contribution in [0.25, 0.3) is 10.6 Å². The number of hydrogen-bond acceptors (Lipinski definition) is 4. The first-order valence-corrected chi connectivity index (χ1v) is 7.70. The predicted octanol–water partition coefficient (Wildman–Crippen LogP) is 4.71. The molecule has 0 aliphatic carbocycles. The second-order valence-electron chi connectivity index (χ2n) is 4.85. The molecule has 0 radical (unpaired) electrons. The fourth-order valence-electron chi connectivity index (χ4n) is 2.18. The molecule has 7 heteroatoms. The molecule has 1 N–H and O–H groups in total. The van der Waals surface area contributed by atoms with Crippen molar-refractivity contribution in [2.75, 3.05) is 0 Å². The van der Waals surface area contributed by atoms with Crippen LogP contribution in [0.3, 0.4) is 0 Å². The molecule has 0 aliphatic heterocycles. The highest BCUT2D eigenvalue weighted by molar-refractivity contribution is 7.15. The summed E-state index contributed by atoms with van der Waals surface area (Å²) in [6.07, 6.45) is -1.06. The lowest BCUT2D eigenvalue weighted by atomic mass is 10.1. The molecular formula is C16H13F3N2OS. The minimum atomic E-state index is -4.34. The van der Waals surface area contributed by atoms with Crippen molar-refractivity contribution in [3.8, 4) is 10.6 Å². The van der Waals surface area contributed by atoms with Gasteiger partial charge in [0.2, 0.25) is 0 Å². The van der Waals surface area contributed by atoms with Gasteiger partial charge < -0.3 is 9.73 Å². The lowest BCUT2D eigenvalue weighted by Gasteiger charge is -2.12. The highest BCUT2D eigenvalue weighted by Crippen LogP contribution is 2.32. The molecule has 23 heavy (non-hydrogen) atoms. The fraction of sp³-hybridized carbons (Fsp3) is 0.188. The van der Waals surface area contributed by atoms with E-state index in [1.54, 1.807) is 24.6 Å². The number of nitrogens with zero attached hydrogens (tertiary/aromatic N) is 1. The van der Waals surface area contributed by atoms with E-state index in [-0.39, 0.29) is 12.1 Å². The Kier molecular flexibility index (Phi) is 4.49. The number of hydrogen-bond donors (Lipinski definition) is 1. The second kappa shape index (κ2) is 6.55. The van der Waals surface area contributed by atoms with Gasteiger partial charge in [0.1, 0.15) is 10.8 Å². The first-order valence-electron chi connectivity index (χ1n) is 6.88. The van der Waals surface area contributed by atoms with E-state index in [1.807, 2.05) is 6.07 Å². The Labute approximate surface area is 134 Å². The average molecular weight is 338 g/mol. The summed E-state index contributed by atoms with van der Waals surface area (Å²) in [5.41, 5.74) is -0.384. The Balaban J connectivity index is 1.62. The molecule has 0 aliphatic rings. The van der Waals surface area contributed by atoms with Gasteiger partial charge in [-0.3, -0.25) is 0 Å². The lowest BCUT2D eigenvalue weighted by molar-refractivity contribution is -0.138. The highest BCUT2D eigenvalue weighted by Gasteiger charge is 2.32. The average Bonchev–Trinajstić information content (AvgIpc) is 3.17. The summed E-state index contributed by atoms with van der Waals surface area (Å²) in [6.45, 7) is 0.531. The Morgan fingerprint density at radius 2 is 1.91 bits per heavy atom. The van der Waals surface area contributed by atoms with Crippen LogP contribution in [-0.2, 0) is 19.3 Å². The van der Waals surface area contributed by atoms with Crippen LogP contribution in [-0.4, -0.2) is 4.98 Å². The number of nitrogens with one attached hydrogen (secondary N) is 1. The van der Waals surface area contributed by atoms with E-state index in [9.17, 15) is 13.2 Å². The molecule has 0 atom stereocenters. The minimum Gasteiger partial charge on any atom is -0.463 e. The summed E-state index contributed by atoms with van der Waals surface area (Å²) in [7, 11) is 0. The van der Waals surface area contributed by atoms with Gasteiger partial charge in [0, 0.05) is 19.3 Å². The Morgan fingerprint density at radius 1 is 1.09 bits per heavy atom. The first kappa shape index (κ1) is 15.8. The van der Waals surface area contributed by atoms with E-state index in [1.165, 1.54) is 23.5 Å². The van der Waals surface area contributed by atoms with Gasteiger partial charge in [0.05, 0.1) is 16.7 Å². The molecule has 2 heterocycles. The molecule has 0 unspecified atom stereocenters. The van der Waals surface area contributed by atoms with Crippen molar-refractivity contribution in [2.24, 2.45) is 0 Å². The molecule has 0 saturated carbocycles. The fourth-order valence-corrected chi connectivity index (χ4v) is 3.04. The van der Waals surface area contributed by atoms with E-state index < -0.39 is 11.7 Å². The second-order valence-corrected chi connectivity index (χ2v) is 5.97. The Hall–Kier alpha value is -2.12. The van der Waals surface area contributed by atoms with Crippen LogP contribution in [0.1, 0.15) is 16.1 Å². The maximum Gasteiger partial charge on any atom is 0.416 e. The third-order valence-electron chi connectivity index (χ3n) is 3.23. The van der Waals surface area contributed by atoms with Crippen molar-refractivity contribution >= 4 is 11.3 Å². The molecule has 0 bridgehead atoms. The number of furan rings is 1. The van der Waals surface area contributed by atoms with Gasteiger partial charge in [-0.25, -0.2) is 4.98 Å². The summed E-state index contributed by atoms with van der Waals surface area (Å²) in [5.74, 6) is 0.733. The zero-order valence-corrected chi connectivity index (χ0v) is 12.7. The molecular weight excluding hydrogens is 325 g/mol. The molecule has 1 aromatic carbocycles. The molecule has 2 aromatic heterocycles. The maximum absolute atomic E-state index is 12.9. The molecule has 3 rings (SSSR count). The summed E-state index contributed by atoms with van der Waals surface area (Å²) in [6, 6.07) is 9.19. The highest BCUT2D eigenvalue weighted by atomic mass is 32.1. The summed E-state index contributed by atoms with van der Waals surface area (Å²) >= 11 is 1.45. The van der Waals surface area contributed by atoms with Gasteiger partial charge in [-0.2, -0.15) is 13.2 Å². The van der Waals surface area contributed by atoms with Crippen LogP contribution >= 0.6 is 11.3 Å².